The lowest BCUT2D eigenvalue weighted by Crippen LogP contribution is -2.17. The fourth-order valence-corrected chi connectivity index (χ4v) is 1.31. The summed E-state index contributed by atoms with van der Waals surface area (Å²) in [5.74, 6) is -0.350. The second-order valence-corrected chi connectivity index (χ2v) is 3.45. The van der Waals surface area contributed by atoms with E-state index in [1.54, 1.807) is 6.08 Å². The molecular weight excluding hydrogens is 236 g/mol. The first-order valence-corrected chi connectivity index (χ1v) is 5.03. The molecule has 5 heteroatoms. The molecule has 1 unspecified atom stereocenters. The van der Waals surface area contributed by atoms with Crippen molar-refractivity contribution in [3.63, 3.8) is 0 Å². The van der Waals surface area contributed by atoms with Gasteiger partial charge in [-0.05, 0) is 30.5 Å². The van der Waals surface area contributed by atoms with Crippen LogP contribution in [-0.4, -0.2) is 6.36 Å². The summed E-state index contributed by atoms with van der Waals surface area (Å²) in [5.41, 5.74) is 0.335. The molecule has 1 nitrogen and oxygen atoms in total. The lowest BCUT2D eigenvalue weighted by atomic mass is 10.1. The first kappa shape index (κ1) is 13.5. The average molecular weight is 248 g/mol. The van der Waals surface area contributed by atoms with Crippen LogP contribution in [0.5, 0.6) is 5.75 Å². The van der Waals surface area contributed by atoms with Gasteiger partial charge in [-0.25, -0.2) is 4.39 Å². The molecule has 0 amide bonds. The van der Waals surface area contributed by atoms with E-state index in [9.17, 15) is 17.6 Å². The van der Waals surface area contributed by atoms with Gasteiger partial charge in [0.25, 0.3) is 0 Å². The highest BCUT2D eigenvalue weighted by Gasteiger charge is 2.31. The SMILES string of the molecule is C=CCCC(F)c1ccc(OC(F)(F)F)cc1. The van der Waals surface area contributed by atoms with Gasteiger partial charge in [0, 0.05) is 0 Å². The van der Waals surface area contributed by atoms with E-state index >= 15 is 0 Å². The number of halogens is 4. The molecule has 1 rings (SSSR count). The van der Waals surface area contributed by atoms with Crippen LogP contribution in [0.25, 0.3) is 0 Å². The summed E-state index contributed by atoms with van der Waals surface area (Å²) < 4.78 is 52.7. The summed E-state index contributed by atoms with van der Waals surface area (Å²) in [4.78, 5) is 0. The van der Waals surface area contributed by atoms with Gasteiger partial charge < -0.3 is 4.74 Å². The van der Waals surface area contributed by atoms with Gasteiger partial charge in [-0.3, -0.25) is 0 Å². The minimum atomic E-state index is -4.72. The molecule has 0 aliphatic heterocycles. The molecule has 0 saturated carbocycles. The Morgan fingerprint density at radius 1 is 1.24 bits per heavy atom. The van der Waals surface area contributed by atoms with Crippen LogP contribution in [0.4, 0.5) is 17.6 Å². The minimum Gasteiger partial charge on any atom is -0.406 e. The highest BCUT2D eigenvalue weighted by molar-refractivity contribution is 5.28. The average Bonchev–Trinajstić information content (AvgIpc) is 2.24. The van der Waals surface area contributed by atoms with Gasteiger partial charge in [0.1, 0.15) is 11.9 Å². The van der Waals surface area contributed by atoms with Gasteiger partial charge >= 0.3 is 6.36 Å². The Hall–Kier alpha value is -1.52. The van der Waals surface area contributed by atoms with E-state index in [2.05, 4.69) is 11.3 Å². The van der Waals surface area contributed by atoms with E-state index in [4.69, 9.17) is 0 Å². The molecule has 1 atom stereocenters. The molecule has 1 aromatic rings. The zero-order valence-electron chi connectivity index (χ0n) is 9.01. The number of rotatable bonds is 5. The van der Waals surface area contributed by atoms with Crippen LogP contribution in [0, 0.1) is 0 Å². The summed E-state index contributed by atoms with van der Waals surface area (Å²) >= 11 is 0. The first-order chi connectivity index (χ1) is 7.92. The van der Waals surface area contributed by atoms with E-state index in [1.807, 2.05) is 0 Å². The normalized spacial score (nSPS) is 13.2. The lowest BCUT2D eigenvalue weighted by Gasteiger charge is -2.10. The fourth-order valence-electron chi connectivity index (χ4n) is 1.31. The molecule has 94 valence electrons. The van der Waals surface area contributed by atoms with Crippen molar-refractivity contribution in [1.82, 2.24) is 0 Å². The molecule has 0 fully saturated rings. The molecule has 0 radical (unpaired) electrons. The van der Waals surface area contributed by atoms with Gasteiger partial charge in [-0.1, -0.05) is 18.2 Å². The summed E-state index contributed by atoms with van der Waals surface area (Å²) in [6, 6.07) is 4.77. The molecule has 1 aromatic carbocycles. The third kappa shape index (κ3) is 4.89. The van der Waals surface area contributed by atoms with E-state index in [0.29, 0.717) is 12.0 Å². The largest absolute Gasteiger partial charge is 0.573 e. The number of hydrogen-bond donors (Lipinski definition) is 0. The van der Waals surface area contributed by atoms with Gasteiger partial charge in [0.05, 0.1) is 0 Å². The van der Waals surface area contributed by atoms with Crippen LogP contribution in [0.3, 0.4) is 0 Å². The number of ether oxygens (including phenoxy) is 1. The second-order valence-electron chi connectivity index (χ2n) is 3.45. The number of benzene rings is 1. The van der Waals surface area contributed by atoms with Crippen molar-refractivity contribution in [2.24, 2.45) is 0 Å². The molecule has 0 aromatic heterocycles. The molecule has 17 heavy (non-hydrogen) atoms. The van der Waals surface area contributed by atoms with Gasteiger partial charge in [-0.2, -0.15) is 0 Å². The smallest absolute Gasteiger partial charge is 0.406 e. The summed E-state index contributed by atoms with van der Waals surface area (Å²) in [7, 11) is 0. The molecular formula is C12H12F4O. The number of allylic oxidation sites excluding steroid dienone is 1. The van der Waals surface area contributed by atoms with E-state index in [1.165, 1.54) is 12.1 Å². The highest BCUT2D eigenvalue weighted by Crippen LogP contribution is 2.27. The fraction of sp³-hybridized carbons (Fsp3) is 0.333. The molecule has 0 saturated heterocycles. The van der Waals surface area contributed by atoms with Crippen LogP contribution >= 0.6 is 0 Å². The summed E-state index contributed by atoms with van der Waals surface area (Å²) in [6.45, 7) is 3.47. The van der Waals surface area contributed by atoms with E-state index in [-0.39, 0.29) is 12.2 Å². The molecule has 0 bridgehead atoms. The van der Waals surface area contributed by atoms with Crippen molar-refractivity contribution in [2.45, 2.75) is 25.4 Å². The van der Waals surface area contributed by atoms with Crippen LogP contribution in [0.1, 0.15) is 24.6 Å². The monoisotopic (exact) mass is 248 g/mol. The molecule has 0 aliphatic carbocycles. The van der Waals surface area contributed by atoms with E-state index in [0.717, 1.165) is 12.1 Å². The Kier molecular flexibility index (Phi) is 4.54. The minimum absolute atomic E-state index is 0.267. The zero-order chi connectivity index (χ0) is 12.9. The first-order valence-electron chi connectivity index (χ1n) is 5.03. The zero-order valence-corrected chi connectivity index (χ0v) is 9.01. The molecule has 0 N–H and O–H groups in total. The number of hydrogen-bond acceptors (Lipinski definition) is 1. The third-order valence-corrected chi connectivity index (χ3v) is 2.10. The lowest BCUT2D eigenvalue weighted by molar-refractivity contribution is -0.274. The third-order valence-electron chi connectivity index (χ3n) is 2.10. The van der Waals surface area contributed by atoms with Crippen LogP contribution < -0.4 is 4.74 Å². The molecule has 0 spiro atoms. The van der Waals surface area contributed by atoms with Crippen molar-refractivity contribution < 1.29 is 22.3 Å². The quantitative estimate of drug-likeness (QED) is 0.548. The Bertz CT molecular complexity index is 356. The van der Waals surface area contributed by atoms with Gasteiger partial charge in [0.2, 0.25) is 0 Å². The Morgan fingerprint density at radius 3 is 2.29 bits per heavy atom. The van der Waals surface area contributed by atoms with Crippen molar-refractivity contribution in [3.05, 3.63) is 42.5 Å². The molecule has 0 aliphatic rings. The Morgan fingerprint density at radius 2 is 1.82 bits per heavy atom. The Balaban J connectivity index is 2.64. The van der Waals surface area contributed by atoms with E-state index < -0.39 is 12.5 Å². The second kappa shape index (κ2) is 5.70. The van der Waals surface area contributed by atoms with Crippen LogP contribution in [0.2, 0.25) is 0 Å². The maximum Gasteiger partial charge on any atom is 0.573 e. The predicted molar refractivity (Wildman–Crippen MR) is 56.4 cm³/mol. The van der Waals surface area contributed by atoms with Gasteiger partial charge in [-0.15, -0.1) is 19.8 Å². The topological polar surface area (TPSA) is 9.23 Å². The van der Waals surface area contributed by atoms with Crippen molar-refractivity contribution in [2.75, 3.05) is 0 Å². The summed E-state index contributed by atoms with van der Waals surface area (Å²) in [6.07, 6.45) is -3.55. The molecule has 0 heterocycles. The summed E-state index contributed by atoms with van der Waals surface area (Å²) in [5, 5.41) is 0. The van der Waals surface area contributed by atoms with Crippen LogP contribution in [-0.2, 0) is 0 Å². The highest BCUT2D eigenvalue weighted by atomic mass is 19.4. The standard InChI is InChI=1S/C12H12F4O/c1-2-3-4-11(13)9-5-7-10(8-6-9)17-12(14,15)16/h2,5-8,11H,1,3-4H2. The Labute approximate surface area is 96.7 Å². The van der Waals surface area contributed by atoms with Crippen LogP contribution in [0.15, 0.2) is 36.9 Å². The number of alkyl halides is 4. The van der Waals surface area contributed by atoms with Gasteiger partial charge in [0.15, 0.2) is 0 Å². The predicted octanol–water partition coefficient (Wildman–Crippen LogP) is 4.56. The maximum absolute atomic E-state index is 13.5. The van der Waals surface area contributed by atoms with Crippen molar-refractivity contribution in [1.29, 1.82) is 0 Å². The maximum atomic E-state index is 13.5. The van der Waals surface area contributed by atoms with Crippen molar-refractivity contribution >= 4 is 0 Å². The van der Waals surface area contributed by atoms with Crippen molar-refractivity contribution in [3.8, 4) is 5.75 Å².